The molecule has 92 valence electrons. The molecule has 0 aliphatic rings. The molecule has 0 radical (unpaired) electrons. The molecule has 0 saturated carbocycles. The highest BCUT2D eigenvalue weighted by Crippen LogP contribution is 2.11. The van der Waals surface area contributed by atoms with E-state index in [1.807, 2.05) is 60.5 Å². The molecule has 0 unspecified atom stereocenters. The molecule has 1 N–H and O–H groups in total. The first-order chi connectivity index (χ1) is 8.77. The second-order valence-corrected chi connectivity index (χ2v) is 4.43. The minimum absolute atomic E-state index is 0.727. The Bertz CT molecular complexity index is 496. The zero-order chi connectivity index (χ0) is 12.8. The van der Waals surface area contributed by atoms with Crippen LogP contribution in [0.1, 0.15) is 5.56 Å². The van der Waals surface area contributed by atoms with Crippen molar-refractivity contribution >= 4 is 23.0 Å². The highest BCUT2D eigenvalue weighted by molar-refractivity contribution is 7.80. The van der Waals surface area contributed by atoms with Gasteiger partial charge in [-0.1, -0.05) is 48.5 Å². The van der Waals surface area contributed by atoms with E-state index in [-0.39, 0.29) is 0 Å². The van der Waals surface area contributed by atoms with E-state index >= 15 is 0 Å². The average Bonchev–Trinajstić information content (AvgIpc) is 2.46. The molecular formula is C15H16N2S. The number of anilines is 1. The Morgan fingerprint density at radius 3 is 2.17 bits per heavy atom. The van der Waals surface area contributed by atoms with Crippen LogP contribution in [-0.4, -0.2) is 12.2 Å². The van der Waals surface area contributed by atoms with Crippen LogP contribution >= 0.6 is 12.2 Å². The van der Waals surface area contributed by atoms with E-state index in [0.717, 1.165) is 17.3 Å². The van der Waals surface area contributed by atoms with Gasteiger partial charge in [0.25, 0.3) is 0 Å². The van der Waals surface area contributed by atoms with Crippen LogP contribution < -0.4 is 10.2 Å². The smallest absolute Gasteiger partial charge is 0.173 e. The van der Waals surface area contributed by atoms with Crippen molar-refractivity contribution in [2.75, 3.05) is 11.9 Å². The molecule has 0 bridgehead atoms. The third-order valence-corrected chi connectivity index (χ3v) is 3.15. The minimum Gasteiger partial charge on any atom is -0.358 e. The number of nitrogens with zero attached hydrogens (tertiary/aromatic N) is 1. The number of para-hydroxylation sites is 1. The summed E-state index contributed by atoms with van der Waals surface area (Å²) in [4.78, 5) is 1.97. The van der Waals surface area contributed by atoms with E-state index in [9.17, 15) is 0 Å². The van der Waals surface area contributed by atoms with Crippen LogP contribution in [-0.2, 0) is 6.54 Å². The topological polar surface area (TPSA) is 15.3 Å². The molecule has 2 aromatic rings. The van der Waals surface area contributed by atoms with Crippen molar-refractivity contribution in [3.63, 3.8) is 0 Å². The molecule has 0 aliphatic heterocycles. The van der Waals surface area contributed by atoms with Gasteiger partial charge in [0.15, 0.2) is 5.11 Å². The van der Waals surface area contributed by atoms with Gasteiger partial charge in [0.2, 0.25) is 0 Å². The number of hydrogen-bond donors (Lipinski definition) is 1. The molecule has 18 heavy (non-hydrogen) atoms. The molecule has 0 aliphatic carbocycles. The summed E-state index contributed by atoms with van der Waals surface area (Å²) in [6.45, 7) is 0.747. The van der Waals surface area contributed by atoms with Crippen molar-refractivity contribution in [2.45, 2.75) is 6.54 Å². The molecule has 0 aromatic heterocycles. The number of thiocarbonyl (C=S) groups is 1. The number of hydrogen-bond acceptors (Lipinski definition) is 1. The van der Waals surface area contributed by atoms with Gasteiger partial charge in [0.05, 0.1) is 0 Å². The summed E-state index contributed by atoms with van der Waals surface area (Å²) < 4.78 is 0. The summed E-state index contributed by atoms with van der Waals surface area (Å²) in [7, 11) is 1.97. The fourth-order valence-electron chi connectivity index (χ4n) is 1.66. The van der Waals surface area contributed by atoms with Crippen molar-refractivity contribution in [1.82, 2.24) is 5.32 Å². The van der Waals surface area contributed by atoms with Gasteiger partial charge >= 0.3 is 0 Å². The quantitative estimate of drug-likeness (QED) is 0.849. The molecule has 0 fully saturated rings. The molecule has 0 spiro atoms. The van der Waals surface area contributed by atoms with Gasteiger partial charge in [0, 0.05) is 19.3 Å². The maximum Gasteiger partial charge on any atom is 0.173 e. The van der Waals surface area contributed by atoms with Gasteiger partial charge in [-0.25, -0.2) is 0 Å². The van der Waals surface area contributed by atoms with Crippen LogP contribution in [0.3, 0.4) is 0 Å². The molecule has 2 rings (SSSR count). The van der Waals surface area contributed by atoms with Gasteiger partial charge in [-0.3, -0.25) is 0 Å². The average molecular weight is 256 g/mol. The van der Waals surface area contributed by atoms with Crippen LogP contribution in [0, 0.1) is 0 Å². The third kappa shape index (κ3) is 3.31. The molecule has 0 atom stereocenters. The summed E-state index contributed by atoms with van der Waals surface area (Å²) in [6, 6.07) is 20.3. The Morgan fingerprint density at radius 1 is 1.00 bits per heavy atom. The van der Waals surface area contributed by atoms with Gasteiger partial charge in [0.1, 0.15) is 0 Å². The van der Waals surface area contributed by atoms with E-state index in [1.54, 1.807) is 0 Å². The maximum atomic E-state index is 5.37. The van der Waals surface area contributed by atoms with Crippen molar-refractivity contribution in [3.05, 3.63) is 66.2 Å². The first kappa shape index (κ1) is 12.6. The van der Waals surface area contributed by atoms with E-state index < -0.39 is 0 Å². The second-order valence-electron chi connectivity index (χ2n) is 4.04. The van der Waals surface area contributed by atoms with Crippen molar-refractivity contribution in [1.29, 1.82) is 0 Å². The molecule has 0 heterocycles. The third-order valence-electron chi connectivity index (χ3n) is 2.73. The highest BCUT2D eigenvalue weighted by Gasteiger charge is 2.05. The summed E-state index contributed by atoms with van der Waals surface area (Å²) in [6.07, 6.45) is 0. The van der Waals surface area contributed by atoms with Gasteiger partial charge < -0.3 is 10.2 Å². The van der Waals surface area contributed by atoms with Crippen LogP contribution in [0.4, 0.5) is 5.69 Å². The Hall–Kier alpha value is -1.87. The van der Waals surface area contributed by atoms with Crippen molar-refractivity contribution in [3.8, 4) is 0 Å². The molecule has 0 saturated heterocycles. The normalized spacial score (nSPS) is 9.83. The van der Waals surface area contributed by atoms with Gasteiger partial charge in [-0.2, -0.15) is 0 Å². The lowest BCUT2D eigenvalue weighted by atomic mass is 10.2. The van der Waals surface area contributed by atoms with Crippen LogP contribution in [0.15, 0.2) is 60.7 Å². The van der Waals surface area contributed by atoms with E-state index in [0.29, 0.717) is 0 Å². The zero-order valence-electron chi connectivity index (χ0n) is 10.3. The molecule has 2 aromatic carbocycles. The number of benzene rings is 2. The number of nitrogens with one attached hydrogen (secondary N) is 1. The highest BCUT2D eigenvalue weighted by atomic mass is 32.1. The Kier molecular flexibility index (Phi) is 4.31. The second kappa shape index (κ2) is 6.17. The van der Waals surface area contributed by atoms with E-state index in [1.165, 1.54) is 5.56 Å². The largest absolute Gasteiger partial charge is 0.358 e. The van der Waals surface area contributed by atoms with Crippen molar-refractivity contribution < 1.29 is 0 Å². The Labute approximate surface area is 113 Å². The maximum absolute atomic E-state index is 5.37. The van der Waals surface area contributed by atoms with Crippen molar-refractivity contribution in [2.24, 2.45) is 0 Å². The van der Waals surface area contributed by atoms with E-state index in [2.05, 4.69) is 17.4 Å². The summed E-state index contributed by atoms with van der Waals surface area (Å²) in [5.41, 5.74) is 2.31. The van der Waals surface area contributed by atoms with Gasteiger partial charge in [-0.15, -0.1) is 0 Å². The summed E-state index contributed by atoms with van der Waals surface area (Å²) in [5, 5.41) is 3.98. The monoisotopic (exact) mass is 256 g/mol. The predicted octanol–water partition coefficient (Wildman–Crippen LogP) is 3.20. The fourth-order valence-corrected chi connectivity index (χ4v) is 1.84. The predicted molar refractivity (Wildman–Crippen MR) is 80.7 cm³/mol. The Morgan fingerprint density at radius 2 is 1.56 bits per heavy atom. The molecule has 3 heteroatoms. The van der Waals surface area contributed by atoms with Crippen LogP contribution in [0.25, 0.3) is 0 Å². The molecule has 2 nitrogen and oxygen atoms in total. The van der Waals surface area contributed by atoms with Crippen LogP contribution in [0.2, 0.25) is 0 Å². The summed E-state index contributed by atoms with van der Waals surface area (Å²) in [5.74, 6) is 0. The van der Waals surface area contributed by atoms with Gasteiger partial charge in [-0.05, 0) is 29.9 Å². The van der Waals surface area contributed by atoms with E-state index in [4.69, 9.17) is 12.2 Å². The first-order valence-electron chi connectivity index (χ1n) is 5.88. The molecular weight excluding hydrogens is 240 g/mol. The Balaban J connectivity index is 1.93. The lowest BCUT2D eigenvalue weighted by Crippen LogP contribution is -2.36. The van der Waals surface area contributed by atoms with Crippen LogP contribution in [0.5, 0.6) is 0 Å². The lowest BCUT2D eigenvalue weighted by molar-refractivity contribution is 0.908. The molecule has 0 amide bonds. The standard InChI is InChI=1S/C15H16N2S/c1-17(14-10-6-3-7-11-14)15(18)16-12-13-8-4-2-5-9-13/h2-11H,12H2,1H3,(H,16,18). The summed E-state index contributed by atoms with van der Waals surface area (Å²) >= 11 is 5.37. The fraction of sp³-hybridized carbons (Fsp3) is 0.133. The lowest BCUT2D eigenvalue weighted by Gasteiger charge is -2.21. The number of rotatable bonds is 3. The minimum atomic E-state index is 0.727. The first-order valence-corrected chi connectivity index (χ1v) is 6.29. The zero-order valence-corrected chi connectivity index (χ0v) is 11.2. The SMILES string of the molecule is CN(C(=S)NCc1ccccc1)c1ccccc1.